The van der Waals surface area contributed by atoms with Crippen molar-refractivity contribution < 1.29 is 21.6 Å². The summed E-state index contributed by atoms with van der Waals surface area (Å²) in [6, 6.07) is 12.5. The van der Waals surface area contributed by atoms with E-state index in [2.05, 4.69) is 16.5 Å². The highest BCUT2D eigenvalue weighted by molar-refractivity contribution is 7.94. The van der Waals surface area contributed by atoms with E-state index in [1.54, 1.807) is 19.1 Å². The lowest BCUT2D eigenvalue weighted by Gasteiger charge is -2.32. The normalized spacial score (nSPS) is 21.7. The molecular weight excluding hydrogens is 450 g/mol. The fourth-order valence-electron chi connectivity index (χ4n) is 4.07. The van der Waals surface area contributed by atoms with E-state index in [4.69, 9.17) is 0 Å². The van der Waals surface area contributed by atoms with Crippen LogP contribution in [0.25, 0.3) is 0 Å². The zero-order chi connectivity index (χ0) is 23.1. The summed E-state index contributed by atoms with van der Waals surface area (Å²) in [4.78, 5) is 14.5. The van der Waals surface area contributed by atoms with Crippen LogP contribution in [0.2, 0.25) is 0 Å². The lowest BCUT2D eigenvalue weighted by Crippen LogP contribution is -2.32. The molecule has 172 valence electrons. The van der Waals surface area contributed by atoms with Gasteiger partial charge in [0, 0.05) is 24.5 Å². The van der Waals surface area contributed by atoms with Gasteiger partial charge in [-0.25, -0.2) is 21.1 Å². The average molecular weight is 478 g/mol. The van der Waals surface area contributed by atoms with E-state index in [1.807, 2.05) is 12.1 Å². The van der Waals surface area contributed by atoms with Crippen molar-refractivity contribution in [1.82, 2.24) is 0 Å². The number of hydrogen-bond acceptors (Lipinski definition) is 6. The van der Waals surface area contributed by atoms with Crippen molar-refractivity contribution in [3.63, 3.8) is 0 Å². The molecule has 32 heavy (non-hydrogen) atoms. The quantitative estimate of drug-likeness (QED) is 0.710. The number of piperidine rings is 1. The van der Waals surface area contributed by atoms with E-state index < -0.39 is 31.9 Å². The van der Waals surface area contributed by atoms with Crippen LogP contribution in [0.3, 0.4) is 0 Å². The molecule has 8 nitrogen and oxygen atoms in total. The largest absolute Gasteiger partial charge is 0.372 e. The minimum Gasteiger partial charge on any atom is -0.372 e. The molecule has 1 atom stereocenters. The third-order valence-corrected chi connectivity index (χ3v) is 9.28. The van der Waals surface area contributed by atoms with Crippen molar-refractivity contribution in [2.24, 2.45) is 11.8 Å². The Bertz CT molecular complexity index is 1200. The van der Waals surface area contributed by atoms with Crippen LogP contribution in [0.4, 0.5) is 17.1 Å². The monoisotopic (exact) mass is 477 g/mol. The summed E-state index contributed by atoms with van der Waals surface area (Å²) in [6.45, 7) is 5.79. The van der Waals surface area contributed by atoms with E-state index in [0.717, 1.165) is 41.8 Å². The molecule has 2 aromatic rings. The second kappa shape index (κ2) is 8.40. The Balaban J connectivity index is 1.47. The van der Waals surface area contributed by atoms with E-state index in [-0.39, 0.29) is 16.3 Å². The number of nitrogens with zero attached hydrogens (tertiary/aromatic N) is 2. The molecule has 10 heteroatoms. The number of nitrogens with one attached hydrogen (secondary N) is 1. The third-order valence-electron chi connectivity index (χ3n) is 6.01. The molecule has 2 saturated heterocycles. The second-order valence-electron chi connectivity index (χ2n) is 8.60. The number of anilines is 3. The molecule has 0 unspecified atom stereocenters. The lowest BCUT2D eigenvalue weighted by molar-refractivity contribution is -0.119. The first-order valence-corrected chi connectivity index (χ1v) is 13.7. The van der Waals surface area contributed by atoms with Crippen molar-refractivity contribution in [2.45, 2.75) is 31.6 Å². The predicted octanol–water partition coefficient (Wildman–Crippen LogP) is 3.04. The van der Waals surface area contributed by atoms with Gasteiger partial charge in [-0.05, 0) is 67.3 Å². The Labute approximate surface area is 189 Å². The molecular formula is C22H27N3O5S2. The summed E-state index contributed by atoms with van der Waals surface area (Å²) in [5.74, 6) is -0.654. The van der Waals surface area contributed by atoms with Gasteiger partial charge in [0.25, 0.3) is 10.0 Å². The molecule has 0 aromatic heterocycles. The number of carbonyl (C=O) groups is 1. The molecule has 2 aliphatic rings. The highest BCUT2D eigenvalue weighted by Crippen LogP contribution is 2.30. The zero-order valence-electron chi connectivity index (χ0n) is 18.1. The number of rotatable bonds is 5. The van der Waals surface area contributed by atoms with Gasteiger partial charge in [-0.1, -0.05) is 13.8 Å². The van der Waals surface area contributed by atoms with Gasteiger partial charge in [-0.15, -0.1) is 0 Å². The fraction of sp³-hybridized carbons (Fsp3) is 0.409. The van der Waals surface area contributed by atoms with E-state index in [1.165, 1.54) is 24.3 Å². The molecule has 0 aliphatic carbocycles. The Hall–Kier alpha value is -2.59. The van der Waals surface area contributed by atoms with Crippen LogP contribution in [0.15, 0.2) is 53.4 Å². The highest BCUT2D eigenvalue weighted by atomic mass is 32.2. The first-order valence-electron chi connectivity index (χ1n) is 10.6. The van der Waals surface area contributed by atoms with Crippen LogP contribution in [0.5, 0.6) is 0 Å². The maximum atomic E-state index is 12.8. The smallest absolute Gasteiger partial charge is 0.261 e. The molecule has 1 N–H and O–H groups in total. The highest BCUT2D eigenvalue weighted by Gasteiger charge is 2.42. The van der Waals surface area contributed by atoms with Crippen LogP contribution in [-0.4, -0.2) is 41.6 Å². The van der Waals surface area contributed by atoms with E-state index >= 15 is 0 Å². The van der Waals surface area contributed by atoms with Crippen molar-refractivity contribution in [3.05, 3.63) is 48.5 Å². The average Bonchev–Trinajstić information content (AvgIpc) is 2.95. The maximum absolute atomic E-state index is 12.8. The first-order chi connectivity index (χ1) is 15.1. The summed E-state index contributed by atoms with van der Waals surface area (Å²) in [6.07, 6.45) is 2.29. The van der Waals surface area contributed by atoms with Crippen molar-refractivity contribution >= 4 is 43.0 Å². The number of carbonyl (C=O) groups excluding carboxylic acids is 1. The summed E-state index contributed by atoms with van der Waals surface area (Å²) in [7, 11) is -7.61. The van der Waals surface area contributed by atoms with Gasteiger partial charge in [0.2, 0.25) is 15.9 Å². The topological polar surface area (TPSA) is 104 Å². The van der Waals surface area contributed by atoms with Gasteiger partial charge >= 0.3 is 0 Å². The molecule has 1 amide bonds. The SMILES string of the molecule is CC1CCN(c2ccc(NS(=O)(=O)c3ccc(N4C(=O)[C@@H](C)CS4(=O)=O)cc3)cc2)CC1. The maximum Gasteiger partial charge on any atom is 0.261 e. The molecule has 0 bridgehead atoms. The first kappa shape index (κ1) is 22.6. The Morgan fingerprint density at radius 1 is 0.906 bits per heavy atom. The lowest BCUT2D eigenvalue weighted by atomic mass is 9.99. The van der Waals surface area contributed by atoms with Gasteiger partial charge in [-0.3, -0.25) is 9.52 Å². The van der Waals surface area contributed by atoms with Gasteiger partial charge in [0.1, 0.15) is 0 Å². The zero-order valence-corrected chi connectivity index (χ0v) is 19.7. The molecule has 2 aromatic carbocycles. The number of benzene rings is 2. The van der Waals surface area contributed by atoms with Gasteiger partial charge in [0.15, 0.2) is 0 Å². The van der Waals surface area contributed by atoms with Gasteiger partial charge < -0.3 is 4.90 Å². The summed E-state index contributed by atoms with van der Waals surface area (Å²) in [5.41, 5.74) is 1.64. The number of sulfonamides is 2. The van der Waals surface area contributed by atoms with Crippen LogP contribution >= 0.6 is 0 Å². The minimum atomic E-state index is -3.87. The minimum absolute atomic E-state index is 0.0209. The molecule has 0 radical (unpaired) electrons. The van der Waals surface area contributed by atoms with Crippen LogP contribution in [-0.2, 0) is 24.8 Å². The van der Waals surface area contributed by atoms with Crippen molar-refractivity contribution in [1.29, 1.82) is 0 Å². The third kappa shape index (κ3) is 4.47. The van der Waals surface area contributed by atoms with Gasteiger partial charge in [0.05, 0.1) is 22.3 Å². The molecule has 2 heterocycles. The molecule has 4 rings (SSSR count). The molecule has 2 fully saturated rings. The Morgan fingerprint density at radius 3 is 2.00 bits per heavy atom. The van der Waals surface area contributed by atoms with E-state index in [9.17, 15) is 21.6 Å². The predicted molar refractivity (Wildman–Crippen MR) is 125 cm³/mol. The van der Waals surface area contributed by atoms with Crippen molar-refractivity contribution in [2.75, 3.05) is 32.8 Å². The summed E-state index contributed by atoms with van der Waals surface area (Å²) >= 11 is 0. The standard InChI is InChI=1S/C22H27N3O5S2/c1-16-11-13-24(14-12-16)19-5-3-18(4-6-19)23-32(29,30)21-9-7-20(8-10-21)25-22(26)17(2)15-31(25,27)28/h3-10,16-17,23H,11-15H2,1-2H3/t17-/m0/s1. The molecule has 0 spiro atoms. The number of amides is 1. The Morgan fingerprint density at radius 2 is 1.47 bits per heavy atom. The second-order valence-corrected chi connectivity index (χ2v) is 12.1. The summed E-state index contributed by atoms with van der Waals surface area (Å²) in [5, 5.41) is 0. The van der Waals surface area contributed by atoms with Crippen LogP contribution in [0, 0.1) is 11.8 Å². The van der Waals surface area contributed by atoms with Crippen LogP contribution in [0.1, 0.15) is 26.7 Å². The summed E-state index contributed by atoms with van der Waals surface area (Å²) < 4.78 is 53.3. The number of hydrogen-bond donors (Lipinski definition) is 1. The molecule has 2 aliphatic heterocycles. The van der Waals surface area contributed by atoms with Crippen LogP contribution < -0.4 is 13.9 Å². The van der Waals surface area contributed by atoms with Crippen molar-refractivity contribution in [3.8, 4) is 0 Å². The Kier molecular flexibility index (Phi) is 5.93. The molecule has 0 saturated carbocycles. The van der Waals surface area contributed by atoms with E-state index in [0.29, 0.717) is 5.69 Å². The fourth-order valence-corrected chi connectivity index (χ4v) is 6.95. The van der Waals surface area contributed by atoms with Gasteiger partial charge in [-0.2, -0.15) is 0 Å².